The predicted molar refractivity (Wildman–Crippen MR) is 152 cm³/mol. The Balaban J connectivity index is 2.04. The van der Waals surface area contributed by atoms with Crippen molar-refractivity contribution in [1.29, 1.82) is 0 Å². The third-order valence-electron chi connectivity index (χ3n) is 6.03. The number of methoxy groups -OCH3 is 1. The summed E-state index contributed by atoms with van der Waals surface area (Å²) < 4.78 is 34.6. The van der Waals surface area contributed by atoms with E-state index in [4.69, 9.17) is 4.74 Å². The average molecular weight is 603 g/mol. The number of ether oxygens (including phenoxy) is 1. The van der Waals surface area contributed by atoms with Crippen molar-refractivity contribution >= 4 is 43.5 Å². The maximum absolute atomic E-state index is 13.9. The van der Waals surface area contributed by atoms with Crippen molar-refractivity contribution in [3.63, 3.8) is 0 Å². The number of anilines is 1. The van der Waals surface area contributed by atoms with E-state index in [1.165, 1.54) is 24.1 Å². The number of nitrogens with one attached hydrogen (secondary N) is 1. The third kappa shape index (κ3) is 6.93. The molecule has 0 unspecified atom stereocenters. The molecule has 1 atom stereocenters. The molecule has 0 saturated carbocycles. The van der Waals surface area contributed by atoms with Gasteiger partial charge >= 0.3 is 0 Å². The molecule has 0 bridgehead atoms. The van der Waals surface area contributed by atoms with Crippen LogP contribution in [0, 0.1) is 6.92 Å². The molecule has 0 saturated heterocycles. The first-order valence-corrected chi connectivity index (χ1v) is 14.4. The molecule has 0 aliphatic carbocycles. The van der Waals surface area contributed by atoms with E-state index in [-0.39, 0.29) is 17.3 Å². The first kappa shape index (κ1) is 29.2. The van der Waals surface area contributed by atoms with Gasteiger partial charge in [-0.1, -0.05) is 48.0 Å². The van der Waals surface area contributed by atoms with E-state index in [1.807, 2.05) is 37.3 Å². The molecule has 0 spiro atoms. The summed E-state index contributed by atoms with van der Waals surface area (Å²) in [6.45, 7) is 5.39. The number of aryl methyl sites for hydroxylation is 1. The molecule has 0 aliphatic heterocycles. The lowest BCUT2D eigenvalue weighted by Crippen LogP contribution is -2.51. The maximum Gasteiger partial charge on any atom is 0.264 e. The molecule has 3 aromatic carbocycles. The summed E-state index contributed by atoms with van der Waals surface area (Å²) in [5.74, 6) is -0.350. The summed E-state index contributed by atoms with van der Waals surface area (Å²) in [7, 11) is -2.68. The first-order chi connectivity index (χ1) is 18.1. The van der Waals surface area contributed by atoms with Crippen LogP contribution in [0.25, 0.3) is 0 Å². The van der Waals surface area contributed by atoms with Crippen molar-refractivity contribution in [3.8, 4) is 5.75 Å². The van der Waals surface area contributed by atoms with Crippen LogP contribution < -0.4 is 14.4 Å². The number of hydrogen-bond donors (Lipinski definition) is 1. The summed E-state index contributed by atoms with van der Waals surface area (Å²) >= 11 is 3.35. The lowest BCUT2D eigenvalue weighted by Gasteiger charge is -2.32. The maximum atomic E-state index is 13.9. The van der Waals surface area contributed by atoms with Gasteiger partial charge in [-0.15, -0.1) is 0 Å². The van der Waals surface area contributed by atoms with Crippen LogP contribution in [0.1, 0.15) is 25.0 Å². The van der Waals surface area contributed by atoms with Crippen LogP contribution in [-0.2, 0) is 26.2 Å². The summed E-state index contributed by atoms with van der Waals surface area (Å²) in [6, 6.07) is 19.8. The van der Waals surface area contributed by atoms with Crippen molar-refractivity contribution in [1.82, 2.24) is 10.2 Å². The third-order valence-corrected chi connectivity index (χ3v) is 8.42. The number of carbonyl (C=O) groups excluding carboxylic acids is 2. The Morgan fingerprint density at radius 1 is 1.03 bits per heavy atom. The molecule has 0 radical (unpaired) electrons. The topological polar surface area (TPSA) is 96.0 Å². The second-order valence-corrected chi connectivity index (χ2v) is 11.4. The van der Waals surface area contributed by atoms with Crippen molar-refractivity contribution in [2.45, 2.75) is 38.3 Å². The van der Waals surface area contributed by atoms with Gasteiger partial charge in [-0.25, -0.2) is 8.42 Å². The molecule has 0 aliphatic rings. The van der Waals surface area contributed by atoms with E-state index in [2.05, 4.69) is 21.2 Å². The van der Waals surface area contributed by atoms with Gasteiger partial charge in [0.25, 0.3) is 10.0 Å². The van der Waals surface area contributed by atoms with Crippen LogP contribution in [0.15, 0.2) is 82.2 Å². The fourth-order valence-corrected chi connectivity index (χ4v) is 5.99. The lowest BCUT2D eigenvalue weighted by molar-refractivity contribution is -0.139. The Morgan fingerprint density at radius 2 is 1.68 bits per heavy atom. The number of carbonyl (C=O) groups is 2. The van der Waals surface area contributed by atoms with Gasteiger partial charge in [-0.2, -0.15) is 0 Å². The number of sulfonamides is 1. The molecular weight excluding hydrogens is 570 g/mol. The van der Waals surface area contributed by atoms with Gasteiger partial charge < -0.3 is 15.0 Å². The van der Waals surface area contributed by atoms with E-state index in [0.29, 0.717) is 22.5 Å². The molecule has 10 heteroatoms. The highest BCUT2D eigenvalue weighted by Gasteiger charge is 2.32. The van der Waals surface area contributed by atoms with Gasteiger partial charge in [-0.05, 0) is 72.6 Å². The van der Waals surface area contributed by atoms with Crippen LogP contribution in [0.5, 0.6) is 5.75 Å². The van der Waals surface area contributed by atoms with Gasteiger partial charge in [0.15, 0.2) is 0 Å². The Hall–Kier alpha value is -3.37. The van der Waals surface area contributed by atoms with Crippen LogP contribution >= 0.6 is 15.9 Å². The second kappa shape index (κ2) is 12.9. The number of halogens is 1. The van der Waals surface area contributed by atoms with Crippen LogP contribution in [0.3, 0.4) is 0 Å². The Kier molecular flexibility index (Phi) is 9.93. The Labute approximate surface area is 232 Å². The fraction of sp³-hybridized carbons (Fsp3) is 0.286. The molecule has 2 amide bonds. The molecule has 8 nitrogen and oxygen atoms in total. The average Bonchev–Trinajstić information content (AvgIpc) is 2.91. The molecule has 1 N–H and O–H groups in total. The van der Waals surface area contributed by atoms with E-state index < -0.39 is 28.5 Å². The highest BCUT2D eigenvalue weighted by atomic mass is 79.9. The molecule has 3 aromatic rings. The lowest BCUT2D eigenvalue weighted by atomic mass is 10.1. The van der Waals surface area contributed by atoms with E-state index in [1.54, 1.807) is 44.2 Å². The number of amides is 2. The summed E-state index contributed by atoms with van der Waals surface area (Å²) in [5.41, 5.74) is 2.10. The normalized spacial score (nSPS) is 11.9. The molecule has 3 rings (SSSR count). The van der Waals surface area contributed by atoms with Crippen LogP contribution in [0.4, 0.5) is 5.69 Å². The number of nitrogens with zero attached hydrogens (tertiary/aromatic N) is 2. The summed E-state index contributed by atoms with van der Waals surface area (Å²) in [5, 5.41) is 2.75. The second-order valence-electron chi connectivity index (χ2n) is 8.72. The SMILES string of the molecule is CCNC(=O)[C@H](C)N(Cc1ccccc1)C(=O)CN(c1ccc(C)cc1)S(=O)(=O)c1ccc(OC)c(Br)c1. The Bertz CT molecular complexity index is 1360. The number of rotatable bonds is 11. The minimum Gasteiger partial charge on any atom is -0.496 e. The van der Waals surface area contributed by atoms with Gasteiger partial charge in [0.2, 0.25) is 11.8 Å². The monoisotopic (exact) mass is 601 g/mol. The standard InChI is InChI=1S/C28H32BrN3O5S/c1-5-30-28(34)21(3)31(18-22-9-7-6-8-10-22)27(33)19-32(23-13-11-20(2)12-14-23)38(35,36)24-15-16-26(37-4)25(29)17-24/h6-17,21H,5,18-19H2,1-4H3,(H,30,34)/t21-/m0/s1. The number of likely N-dealkylation sites (N-methyl/N-ethyl adjacent to an activating group) is 1. The zero-order chi connectivity index (χ0) is 27.9. The molecule has 0 aromatic heterocycles. The van der Waals surface area contributed by atoms with Gasteiger partial charge in [-0.3, -0.25) is 13.9 Å². The fourth-order valence-electron chi connectivity index (χ4n) is 3.86. The van der Waals surface area contributed by atoms with Gasteiger partial charge in [0.05, 0.1) is 22.2 Å². The van der Waals surface area contributed by atoms with Crippen molar-refractivity contribution in [2.24, 2.45) is 0 Å². The quantitative estimate of drug-likeness (QED) is 0.349. The van der Waals surface area contributed by atoms with Gasteiger partial charge in [0, 0.05) is 13.1 Å². The van der Waals surface area contributed by atoms with E-state index >= 15 is 0 Å². The smallest absolute Gasteiger partial charge is 0.264 e. The highest BCUT2D eigenvalue weighted by Crippen LogP contribution is 2.31. The van der Waals surface area contributed by atoms with Crippen LogP contribution in [0.2, 0.25) is 0 Å². The highest BCUT2D eigenvalue weighted by molar-refractivity contribution is 9.10. The predicted octanol–water partition coefficient (Wildman–Crippen LogP) is 4.51. The number of benzene rings is 3. The molecule has 0 heterocycles. The zero-order valence-electron chi connectivity index (χ0n) is 21.8. The van der Waals surface area contributed by atoms with E-state index in [0.717, 1.165) is 15.4 Å². The largest absolute Gasteiger partial charge is 0.496 e. The van der Waals surface area contributed by atoms with E-state index in [9.17, 15) is 18.0 Å². The minimum absolute atomic E-state index is 0.00932. The van der Waals surface area contributed by atoms with Crippen molar-refractivity contribution < 1.29 is 22.7 Å². The summed E-state index contributed by atoms with van der Waals surface area (Å²) in [4.78, 5) is 27.9. The molecule has 0 fully saturated rings. The van der Waals surface area contributed by atoms with Gasteiger partial charge in [0.1, 0.15) is 18.3 Å². The van der Waals surface area contributed by atoms with Crippen molar-refractivity contribution in [2.75, 3.05) is 24.5 Å². The van der Waals surface area contributed by atoms with Crippen LogP contribution in [-0.4, -0.2) is 51.4 Å². The van der Waals surface area contributed by atoms with Crippen molar-refractivity contribution in [3.05, 3.63) is 88.4 Å². The summed E-state index contributed by atoms with van der Waals surface area (Å²) in [6.07, 6.45) is 0. The zero-order valence-corrected chi connectivity index (χ0v) is 24.3. The molecule has 202 valence electrons. The molecule has 38 heavy (non-hydrogen) atoms. The number of hydrogen-bond acceptors (Lipinski definition) is 5. The first-order valence-electron chi connectivity index (χ1n) is 12.1. The molecular formula is C28H32BrN3O5S. The minimum atomic E-state index is -4.17. The Morgan fingerprint density at radius 3 is 2.26 bits per heavy atom.